The number of rotatable bonds is 13. The smallest absolute Gasteiger partial charge is 0.416 e. The summed E-state index contributed by atoms with van der Waals surface area (Å²) >= 11 is 14.1. The molecule has 2 bridgehead atoms. The van der Waals surface area contributed by atoms with Gasteiger partial charge in [-0.3, -0.25) is 15.0 Å². The van der Waals surface area contributed by atoms with Gasteiger partial charge in [0, 0.05) is 33.8 Å². The molecule has 1 amide bonds. The molecule has 3 saturated heterocycles. The Labute approximate surface area is 312 Å². The first-order valence-corrected chi connectivity index (χ1v) is 18.2. The lowest BCUT2D eigenvalue weighted by Crippen LogP contribution is -2.53. The average molecular weight is 779 g/mol. The third-order valence-corrected chi connectivity index (χ3v) is 10.9. The number of nitrogens with zero attached hydrogens (tertiary/aromatic N) is 4. The number of halogens is 4. The van der Waals surface area contributed by atoms with E-state index in [-0.39, 0.29) is 51.4 Å². The normalized spacial score (nSPS) is 18.7. The maximum Gasteiger partial charge on any atom is 0.416 e. The van der Waals surface area contributed by atoms with Gasteiger partial charge in [0.25, 0.3) is 0 Å². The minimum atomic E-state index is -3.11. The topological polar surface area (TPSA) is 126 Å². The molecule has 16 heteroatoms. The Bertz CT molecular complexity index is 1890. The molecule has 52 heavy (non-hydrogen) atoms. The largest absolute Gasteiger partial charge is 0.487 e. The highest BCUT2D eigenvalue weighted by atomic mass is 35.5. The Balaban J connectivity index is 1.41. The number of carboxylic acids is 1. The third-order valence-electron chi connectivity index (χ3n) is 9.11. The van der Waals surface area contributed by atoms with Crippen LogP contribution in [0.25, 0.3) is 0 Å². The fourth-order valence-electron chi connectivity index (χ4n) is 6.73. The number of hydrogen-bond acceptors (Lipinski definition) is 9. The summed E-state index contributed by atoms with van der Waals surface area (Å²) in [5.41, 5.74) is 1.24. The van der Waals surface area contributed by atoms with Crippen LogP contribution in [0.1, 0.15) is 63.8 Å². The van der Waals surface area contributed by atoms with E-state index in [1.165, 1.54) is 29.4 Å². The first kappa shape index (κ1) is 37.5. The number of aromatic carboxylic acids is 1. The number of amides is 1. The van der Waals surface area contributed by atoms with Crippen molar-refractivity contribution >= 4 is 52.4 Å². The van der Waals surface area contributed by atoms with Crippen molar-refractivity contribution in [1.29, 1.82) is 0 Å². The summed E-state index contributed by atoms with van der Waals surface area (Å²) in [5, 5.41) is 20.8. The van der Waals surface area contributed by atoms with E-state index < -0.39 is 30.7 Å². The van der Waals surface area contributed by atoms with Gasteiger partial charge in [0.15, 0.2) is 11.5 Å². The molecular formula is C36H37Cl2F2N4O7S+. The van der Waals surface area contributed by atoms with E-state index in [1.54, 1.807) is 50.4 Å². The van der Waals surface area contributed by atoms with E-state index in [9.17, 15) is 28.7 Å². The van der Waals surface area contributed by atoms with Gasteiger partial charge in [-0.2, -0.15) is 8.78 Å². The molecule has 1 aromatic carbocycles. The lowest BCUT2D eigenvalue weighted by atomic mass is 9.85. The van der Waals surface area contributed by atoms with Gasteiger partial charge in [0.05, 0.1) is 12.6 Å². The Morgan fingerprint density at radius 3 is 2.40 bits per heavy atom. The number of alkyl halides is 2. The summed E-state index contributed by atoms with van der Waals surface area (Å²) in [6.07, 6.45) is 4.72. The summed E-state index contributed by atoms with van der Waals surface area (Å²) in [7, 11) is 0. The molecule has 3 fully saturated rings. The van der Waals surface area contributed by atoms with Crippen LogP contribution in [-0.2, 0) is 17.7 Å². The molecule has 3 aromatic heterocycles. The molecule has 3 aliphatic rings. The summed E-state index contributed by atoms with van der Waals surface area (Å²) < 4.78 is 44.0. The molecule has 0 saturated carbocycles. The zero-order valence-electron chi connectivity index (χ0n) is 28.3. The van der Waals surface area contributed by atoms with Gasteiger partial charge in [-0.1, -0.05) is 35.3 Å². The van der Waals surface area contributed by atoms with Crippen LogP contribution in [0.5, 0.6) is 11.5 Å². The number of benzene rings is 1. The molecule has 11 nitrogen and oxygen atoms in total. The zero-order chi connectivity index (χ0) is 37.1. The fourth-order valence-corrected chi connectivity index (χ4v) is 8.39. The predicted molar refractivity (Wildman–Crippen MR) is 189 cm³/mol. The van der Waals surface area contributed by atoms with Crippen LogP contribution in [-0.4, -0.2) is 70.7 Å². The van der Waals surface area contributed by atoms with E-state index in [4.69, 9.17) is 37.4 Å². The second-order valence-electron chi connectivity index (χ2n) is 13.0. The minimum absolute atomic E-state index is 0.0219. The molecule has 6 heterocycles. The van der Waals surface area contributed by atoms with Crippen LogP contribution in [0.3, 0.4) is 0 Å². The van der Waals surface area contributed by atoms with Crippen molar-refractivity contribution in [3.63, 3.8) is 0 Å². The number of carbonyl (C=O) groups excluding carboxylic acids is 1. The first-order valence-electron chi connectivity index (χ1n) is 16.7. The Kier molecular flexibility index (Phi) is 11.7. The predicted octanol–water partition coefficient (Wildman–Crippen LogP) is 7.67. The molecule has 0 spiro atoms. The minimum Gasteiger partial charge on any atom is -0.487 e. The number of ether oxygens (including phenoxy) is 3. The monoisotopic (exact) mass is 777 g/mol. The molecule has 2 atom stereocenters. The number of carbonyl (C=O) groups is 2. The molecule has 0 aliphatic carbocycles. The summed E-state index contributed by atoms with van der Waals surface area (Å²) in [5.74, 6) is -1.56. The fraction of sp³-hybridized carbons (Fsp3) is 0.389. The number of hydrogen-bond donors (Lipinski definition) is 2. The molecular weight excluding hydrogens is 741 g/mol. The number of piperidine rings is 3. The molecule has 0 unspecified atom stereocenters. The molecule has 2 N–H and O–H groups in total. The number of pyridine rings is 2. The highest BCUT2D eigenvalue weighted by Crippen LogP contribution is 2.42. The first-order chi connectivity index (χ1) is 24.9. The van der Waals surface area contributed by atoms with Crippen molar-refractivity contribution in [3.8, 4) is 11.5 Å². The average Bonchev–Trinajstić information content (AvgIpc) is 3.52. The SMILES string of the molecule is CC(C)Oc1cc([C@H](Cc2c(Cl)c[n+](O)cc2Cl)c2cc(CN(C(=O)O[C@H]3CN4CCC3CC4)c3ccccn3)sc2C(=O)O)ccc1OC(F)F. The molecule has 3 aliphatic heterocycles. The van der Waals surface area contributed by atoms with Crippen molar-refractivity contribution in [2.45, 2.75) is 64.4 Å². The van der Waals surface area contributed by atoms with Crippen LogP contribution in [0, 0.1) is 5.92 Å². The van der Waals surface area contributed by atoms with E-state index in [1.807, 2.05) is 0 Å². The van der Waals surface area contributed by atoms with Crippen molar-refractivity contribution in [2.75, 3.05) is 24.5 Å². The summed E-state index contributed by atoms with van der Waals surface area (Å²) in [6.45, 7) is 2.91. The Morgan fingerprint density at radius 2 is 1.81 bits per heavy atom. The second-order valence-corrected chi connectivity index (χ2v) is 14.9. The van der Waals surface area contributed by atoms with Crippen molar-refractivity contribution in [3.05, 3.63) is 97.5 Å². The van der Waals surface area contributed by atoms with Crippen molar-refractivity contribution in [1.82, 2.24) is 9.88 Å². The van der Waals surface area contributed by atoms with E-state index in [2.05, 4.69) is 9.88 Å². The van der Waals surface area contributed by atoms with Gasteiger partial charge in [-0.05, 0) is 93.6 Å². The van der Waals surface area contributed by atoms with Crippen molar-refractivity contribution in [2.24, 2.45) is 5.92 Å². The van der Waals surface area contributed by atoms with Crippen LogP contribution >= 0.6 is 34.5 Å². The number of aromatic nitrogens is 2. The van der Waals surface area contributed by atoms with Gasteiger partial charge in [-0.25, -0.2) is 14.6 Å². The van der Waals surface area contributed by atoms with E-state index >= 15 is 0 Å². The van der Waals surface area contributed by atoms with Crippen LogP contribution in [0.15, 0.2) is 61.1 Å². The van der Waals surface area contributed by atoms with Gasteiger partial charge in [0.2, 0.25) is 12.4 Å². The third kappa shape index (κ3) is 8.68. The summed E-state index contributed by atoms with van der Waals surface area (Å²) in [6, 6.07) is 11.2. The lowest BCUT2D eigenvalue weighted by Gasteiger charge is -2.44. The highest BCUT2D eigenvalue weighted by Gasteiger charge is 2.38. The molecule has 276 valence electrons. The van der Waals surface area contributed by atoms with Crippen LogP contribution in [0.2, 0.25) is 10.0 Å². The van der Waals surface area contributed by atoms with Gasteiger partial charge >= 0.3 is 18.7 Å². The Hall–Kier alpha value is -4.24. The van der Waals surface area contributed by atoms with E-state index in [0.717, 1.165) is 37.3 Å². The second kappa shape index (κ2) is 16.2. The number of thiophene rings is 1. The lowest BCUT2D eigenvalue weighted by molar-refractivity contribution is -0.904. The van der Waals surface area contributed by atoms with Gasteiger partial charge < -0.3 is 19.3 Å². The summed E-state index contributed by atoms with van der Waals surface area (Å²) in [4.78, 5) is 35.3. The quantitative estimate of drug-likeness (QED) is 0.104. The number of anilines is 1. The maximum atomic E-state index is 13.9. The van der Waals surface area contributed by atoms with Crippen LogP contribution in [0.4, 0.5) is 19.4 Å². The van der Waals surface area contributed by atoms with E-state index in [0.29, 0.717) is 38.7 Å². The number of carboxylic acid groups (broad SMARTS) is 1. The molecule has 4 aromatic rings. The highest BCUT2D eigenvalue weighted by molar-refractivity contribution is 7.14. The molecule has 0 radical (unpaired) electrons. The number of fused-ring (bicyclic) bond motifs is 3. The van der Waals surface area contributed by atoms with Crippen molar-refractivity contribution < 1.29 is 47.6 Å². The molecule has 7 rings (SSSR count). The standard InChI is InChI=1S/C36H36Cl2F2N4O7S/c1-20(2)49-30-13-22(6-7-29(30)50-35(39)40)24(15-26-27(37)17-43(48)18-28(26)38)25-14-23(52-33(25)34(45)46)16-44(32-5-3-4-10-41-32)36(47)51-31-19-42-11-8-21(31)9-12-42/h3-7,10,13-14,17-18,20-21,24,31,35H,8-9,11-12,15-16,19H2,1-2H3,(H-,45,46,48)/p+1/t24-,31-/m0/s1. The maximum absolute atomic E-state index is 13.9. The Morgan fingerprint density at radius 1 is 1.08 bits per heavy atom. The zero-order valence-corrected chi connectivity index (χ0v) is 30.6. The van der Waals surface area contributed by atoms with Gasteiger partial charge in [0.1, 0.15) is 26.8 Å². The van der Waals surface area contributed by atoms with Crippen LogP contribution < -0.4 is 19.1 Å². The van der Waals surface area contributed by atoms with Gasteiger partial charge in [-0.15, -0.1) is 11.3 Å².